The Balaban J connectivity index is 1.75. The lowest BCUT2D eigenvalue weighted by atomic mass is 10.0. The largest absolute Gasteiger partial charge is 0.343 e. The number of hydrogen-bond acceptors (Lipinski definition) is 4. The highest BCUT2D eigenvalue weighted by atomic mass is 32.1. The summed E-state index contributed by atoms with van der Waals surface area (Å²) in [5, 5.41) is 4.60. The van der Waals surface area contributed by atoms with Gasteiger partial charge >= 0.3 is 0 Å². The van der Waals surface area contributed by atoms with E-state index in [0.29, 0.717) is 6.04 Å². The van der Waals surface area contributed by atoms with Crippen molar-refractivity contribution in [2.24, 2.45) is 0 Å². The molecule has 1 N–H and O–H groups in total. The van der Waals surface area contributed by atoms with Crippen molar-refractivity contribution in [3.63, 3.8) is 0 Å². The van der Waals surface area contributed by atoms with E-state index in [1.54, 1.807) is 0 Å². The van der Waals surface area contributed by atoms with Crippen molar-refractivity contribution in [1.82, 2.24) is 10.3 Å². The van der Waals surface area contributed by atoms with Gasteiger partial charge < -0.3 is 10.2 Å². The Morgan fingerprint density at radius 2 is 2.15 bits per heavy atom. The maximum Gasteiger partial charge on any atom is 0.185 e. The summed E-state index contributed by atoms with van der Waals surface area (Å²) in [5.41, 5.74) is 2.93. The van der Waals surface area contributed by atoms with Crippen LogP contribution in [-0.2, 0) is 13.0 Å². The van der Waals surface area contributed by atoms with Crippen molar-refractivity contribution < 1.29 is 0 Å². The number of fused-ring (bicyclic) bond motifs is 1. The van der Waals surface area contributed by atoms with Gasteiger partial charge in [-0.25, -0.2) is 4.98 Å². The zero-order chi connectivity index (χ0) is 13.9. The molecule has 4 heteroatoms. The molecule has 0 radical (unpaired) electrons. The fourth-order valence-corrected chi connectivity index (χ4v) is 3.66. The highest BCUT2D eigenvalue weighted by Gasteiger charge is 2.19. The molecule has 1 unspecified atom stereocenters. The van der Waals surface area contributed by atoms with Crippen LogP contribution in [0.2, 0.25) is 0 Å². The van der Waals surface area contributed by atoms with Gasteiger partial charge in [0.2, 0.25) is 0 Å². The quantitative estimate of drug-likeness (QED) is 0.934. The first-order valence-electron chi connectivity index (χ1n) is 7.28. The van der Waals surface area contributed by atoms with Crippen LogP contribution in [0.4, 0.5) is 5.13 Å². The van der Waals surface area contributed by atoms with Crippen molar-refractivity contribution in [2.75, 3.05) is 18.0 Å². The van der Waals surface area contributed by atoms with Crippen LogP contribution >= 0.6 is 11.3 Å². The number of nitrogens with one attached hydrogen (secondary N) is 1. The van der Waals surface area contributed by atoms with Gasteiger partial charge in [-0.05, 0) is 31.0 Å². The molecule has 2 aromatic rings. The third-order valence-electron chi connectivity index (χ3n) is 3.85. The molecule has 20 heavy (non-hydrogen) atoms. The van der Waals surface area contributed by atoms with Crippen LogP contribution in [0.3, 0.4) is 0 Å². The minimum atomic E-state index is 0.392. The summed E-state index contributed by atoms with van der Waals surface area (Å²) in [6.45, 7) is 7.38. The second-order valence-corrected chi connectivity index (χ2v) is 6.31. The van der Waals surface area contributed by atoms with E-state index in [1.165, 1.54) is 16.0 Å². The number of thiazole rings is 1. The minimum Gasteiger partial charge on any atom is -0.343 e. The first-order chi connectivity index (χ1) is 9.78. The number of aromatic nitrogens is 1. The molecule has 1 aromatic heterocycles. The van der Waals surface area contributed by atoms with E-state index in [2.05, 4.69) is 53.3 Å². The molecule has 1 aliphatic heterocycles. The van der Waals surface area contributed by atoms with E-state index < -0.39 is 0 Å². The molecule has 0 aliphatic carbocycles. The van der Waals surface area contributed by atoms with Gasteiger partial charge in [0, 0.05) is 30.2 Å². The number of rotatable bonds is 4. The molecule has 1 aliphatic rings. The Kier molecular flexibility index (Phi) is 4.03. The molecular formula is C16H21N3S. The van der Waals surface area contributed by atoms with Crippen LogP contribution in [-0.4, -0.2) is 18.1 Å². The summed E-state index contributed by atoms with van der Waals surface area (Å²) in [6.07, 6.45) is 3.14. The molecule has 0 amide bonds. The van der Waals surface area contributed by atoms with Crippen LogP contribution in [0.1, 0.15) is 35.9 Å². The number of hydrogen-bond donors (Lipinski definition) is 1. The van der Waals surface area contributed by atoms with Crippen LogP contribution in [0.15, 0.2) is 30.5 Å². The SMILES string of the molecule is CCNC(C)c1cnc(N2CCc3ccccc3C2)s1. The van der Waals surface area contributed by atoms with Crippen molar-refractivity contribution >= 4 is 16.5 Å². The second kappa shape index (κ2) is 5.94. The molecule has 0 saturated heterocycles. The van der Waals surface area contributed by atoms with E-state index in [-0.39, 0.29) is 0 Å². The van der Waals surface area contributed by atoms with Crippen molar-refractivity contribution in [2.45, 2.75) is 32.9 Å². The highest BCUT2D eigenvalue weighted by molar-refractivity contribution is 7.15. The normalized spacial score (nSPS) is 16.0. The maximum atomic E-state index is 4.62. The van der Waals surface area contributed by atoms with Gasteiger partial charge in [0.15, 0.2) is 5.13 Å². The lowest BCUT2D eigenvalue weighted by Gasteiger charge is -2.28. The first-order valence-corrected chi connectivity index (χ1v) is 8.10. The van der Waals surface area contributed by atoms with Gasteiger partial charge in [0.1, 0.15) is 0 Å². The minimum absolute atomic E-state index is 0.392. The Morgan fingerprint density at radius 1 is 1.35 bits per heavy atom. The Labute approximate surface area is 124 Å². The van der Waals surface area contributed by atoms with Gasteiger partial charge in [0.05, 0.1) is 0 Å². The molecule has 2 heterocycles. The van der Waals surface area contributed by atoms with E-state index >= 15 is 0 Å². The van der Waals surface area contributed by atoms with Crippen molar-refractivity contribution in [3.05, 3.63) is 46.5 Å². The summed E-state index contributed by atoms with van der Waals surface area (Å²) in [6, 6.07) is 9.13. The smallest absolute Gasteiger partial charge is 0.185 e. The van der Waals surface area contributed by atoms with Crippen molar-refractivity contribution in [3.8, 4) is 0 Å². The van der Waals surface area contributed by atoms with E-state index in [1.807, 2.05) is 17.5 Å². The lowest BCUT2D eigenvalue weighted by Crippen LogP contribution is -2.30. The summed E-state index contributed by atoms with van der Waals surface area (Å²) in [5.74, 6) is 0. The van der Waals surface area contributed by atoms with Crippen LogP contribution in [0.25, 0.3) is 0 Å². The van der Waals surface area contributed by atoms with Crippen molar-refractivity contribution in [1.29, 1.82) is 0 Å². The zero-order valence-electron chi connectivity index (χ0n) is 12.1. The third-order valence-corrected chi connectivity index (χ3v) is 5.09. The van der Waals surface area contributed by atoms with Crippen LogP contribution in [0, 0.1) is 0 Å². The topological polar surface area (TPSA) is 28.2 Å². The summed E-state index contributed by atoms with van der Waals surface area (Å²) in [4.78, 5) is 8.34. The zero-order valence-corrected chi connectivity index (χ0v) is 12.9. The van der Waals surface area contributed by atoms with E-state index in [0.717, 1.165) is 31.2 Å². The Morgan fingerprint density at radius 3 is 2.95 bits per heavy atom. The summed E-state index contributed by atoms with van der Waals surface area (Å²) < 4.78 is 0. The van der Waals surface area contributed by atoms with E-state index in [4.69, 9.17) is 0 Å². The average Bonchev–Trinajstić information content (AvgIpc) is 2.97. The predicted molar refractivity (Wildman–Crippen MR) is 85.4 cm³/mol. The average molecular weight is 287 g/mol. The first kappa shape index (κ1) is 13.6. The molecule has 0 saturated carbocycles. The standard InChI is InChI=1S/C16H21N3S/c1-3-17-12(2)15-10-18-16(20-15)19-9-8-13-6-4-5-7-14(13)11-19/h4-7,10,12,17H,3,8-9,11H2,1-2H3. The Bertz CT molecular complexity index is 579. The number of benzene rings is 1. The molecule has 3 rings (SSSR count). The van der Waals surface area contributed by atoms with Gasteiger partial charge in [-0.2, -0.15) is 0 Å². The maximum absolute atomic E-state index is 4.62. The summed E-state index contributed by atoms with van der Waals surface area (Å²) in [7, 11) is 0. The fourth-order valence-electron chi connectivity index (χ4n) is 2.69. The predicted octanol–water partition coefficient (Wildman–Crippen LogP) is 3.38. The molecular weight excluding hydrogens is 266 g/mol. The highest BCUT2D eigenvalue weighted by Crippen LogP contribution is 2.30. The van der Waals surface area contributed by atoms with Gasteiger partial charge in [0.25, 0.3) is 0 Å². The third kappa shape index (κ3) is 2.72. The molecule has 0 spiro atoms. The molecule has 0 bridgehead atoms. The van der Waals surface area contributed by atoms with Gasteiger partial charge in [-0.1, -0.05) is 31.2 Å². The lowest BCUT2D eigenvalue weighted by molar-refractivity contribution is 0.606. The van der Waals surface area contributed by atoms with Gasteiger partial charge in [-0.3, -0.25) is 0 Å². The number of nitrogens with zero attached hydrogens (tertiary/aromatic N) is 2. The molecule has 1 atom stereocenters. The fraction of sp³-hybridized carbons (Fsp3) is 0.438. The number of anilines is 1. The van der Waals surface area contributed by atoms with Crippen LogP contribution in [0.5, 0.6) is 0 Å². The monoisotopic (exact) mass is 287 g/mol. The van der Waals surface area contributed by atoms with Gasteiger partial charge in [-0.15, -0.1) is 11.3 Å². The molecule has 0 fully saturated rings. The molecule has 106 valence electrons. The van der Waals surface area contributed by atoms with Crippen LogP contribution < -0.4 is 10.2 Å². The second-order valence-electron chi connectivity index (χ2n) is 5.26. The molecule has 3 nitrogen and oxygen atoms in total. The molecule has 1 aromatic carbocycles. The van der Waals surface area contributed by atoms with E-state index in [9.17, 15) is 0 Å². The summed E-state index contributed by atoms with van der Waals surface area (Å²) >= 11 is 1.81. The Hall–Kier alpha value is -1.39.